The molecule has 0 radical (unpaired) electrons. The van der Waals surface area contributed by atoms with Crippen molar-refractivity contribution in [1.82, 2.24) is 4.90 Å². The molecule has 0 saturated carbocycles. The summed E-state index contributed by atoms with van der Waals surface area (Å²) >= 11 is 0. The number of carbonyl (C=O) groups excluding carboxylic acids is 1. The second-order valence-electron chi connectivity index (χ2n) is 9.97. The molecule has 2 atom stereocenters. The van der Waals surface area contributed by atoms with E-state index in [1.165, 1.54) is 17.0 Å². The van der Waals surface area contributed by atoms with Gasteiger partial charge in [0.15, 0.2) is 5.75 Å². The summed E-state index contributed by atoms with van der Waals surface area (Å²) in [6, 6.07) is 6.22. The summed E-state index contributed by atoms with van der Waals surface area (Å²) in [6.07, 6.45) is 2.70. The van der Waals surface area contributed by atoms with Gasteiger partial charge in [-0.15, -0.1) is 0 Å². The number of nitrogens with one attached hydrogen (secondary N) is 2. The highest BCUT2D eigenvalue weighted by Gasteiger charge is 2.33. The maximum Gasteiger partial charge on any atom is 0.257 e. The van der Waals surface area contributed by atoms with Crippen LogP contribution in [0.5, 0.6) is 5.75 Å². The number of amides is 1. The molecule has 182 valence electrons. The van der Waals surface area contributed by atoms with Crippen LogP contribution in [0.3, 0.4) is 0 Å². The molecule has 0 bridgehead atoms. The number of hydrogen-bond acceptors (Lipinski definition) is 7. The van der Waals surface area contributed by atoms with Gasteiger partial charge in [-0.25, -0.2) is 0 Å². The number of aromatic hydroxyl groups is 1. The number of nitrogens with zero attached hydrogens (tertiary/aromatic N) is 1. The Balaban J connectivity index is 1.95. The van der Waals surface area contributed by atoms with Crippen LogP contribution in [0, 0.1) is 5.41 Å². The van der Waals surface area contributed by atoms with Crippen LogP contribution in [-0.2, 0) is 0 Å². The Morgan fingerprint density at radius 2 is 1.79 bits per heavy atom. The topological polar surface area (TPSA) is 112 Å². The Morgan fingerprint density at radius 1 is 1.15 bits per heavy atom. The van der Waals surface area contributed by atoms with Crippen molar-refractivity contribution in [3.63, 3.8) is 0 Å². The molecule has 1 amide bonds. The van der Waals surface area contributed by atoms with Crippen LogP contribution >= 0.6 is 0 Å². The number of benzene rings is 1. The molecular weight excluding hydrogens is 434 g/mol. The smallest absolute Gasteiger partial charge is 0.257 e. The summed E-state index contributed by atoms with van der Waals surface area (Å²) in [6.45, 7) is 10.3. The predicted octanol–water partition coefficient (Wildman–Crippen LogP) is 4.74. The van der Waals surface area contributed by atoms with E-state index in [2.05, 4.69) is 24.5 Å². The number of para-hydroxylation sites is 1. The van der Waals surface area contributed by atoms with Crippen LogP contribution in [-0.4, -0.2) is 30.0 Å². The van der Waals surface area contributed by atoms with E-state index >= 15 is 0 Å². The third-order valence-corrected chi connectivity index (χ3v) is 6.10. The van der Waals surface area contributed by atoms with Gasteiger partial charge in [0.2, 0.25) is 0 Å². The molecule has 2 unspecified atom stereocenters. The summed E-state index contributed by atoms with van der Waals surface area (Å²) in [7, 11) is 3.16. The van der Waals surface area contributed by atoms with Gasteiger partial charge in [0.25, 0.3) is 16.8 Å². The van der Waals surface area contributed by atoms with E-state index in [1.807, 2.05) is 26.8 Å². The minimum atomic E-state index is -0.696. The molecule has 34 heavy (non-hydrogen) atoms. The van der Waals surface area contributed by atoms with Crippen LogP contribution in [0.25, 0.3) is 0 Å². The standard InChI is InChI=1S/C26H33N3O5/c1-8-14(2)15-12-18(34-13-15)24(26(3,4)5)28-20-19(22(31)23(20)32)27-17-11-9-10-16(21(17)30)25(33)29(6)7/h9-14,24,27-28,30H,8H2,1-7H3. The lowest BCUT2D eigenvalue weighted by Gasteiger charge is -2.31. The van der Waals surface area contributed by atoms with E-state index < -0.39 is 10.9 Å². The van der Waals surface area contributed by atoms with E-state index in [0.29, 0.717) is 11.7 Å². The average Bonchev–Trinajstić information content (AvgIpc) is 3.26. The first-order chi connectivity index (χ1) is 15.9. The summed E-state index contributed by atoms with van der Waals surface area (Å²) in [5, 5.41) is 16.7. The third kappa shape index (κ3) is 4.71. The van der Waals surface area contributed by atoms with Gasteiger partial charge in [0, 0.05) is 14.1 Å². The van der Waals surface area contributed by atoms with E-state index in [-0.39, 0.29) is 45.7 Å². The maximum atomic E-state index is 12.5. The molecule has 0 fully saturated rings. The lowest BCUT2D eigenvalue weighted by Crippen LogP contribution is -2.39. The van der Waals surface area contributed by atoms with Crippen LogP contribution < -0.4 is 21.5 Å². The number of phenols is 1. The molecule has 3 rings (SSSR count). The van der Waals surface area contributed by atoms with Crippen molar-refractivity contribution in [3.8, 4) is 5.75 Å². The minimum Gasteiger partial charge on any atom is -0.505 e. The molecule has 8 nitrogen and oxygen atoms in total. The molecule has 8 heteroatoms. The van der Waals surface area contributed by atoms with Crippen LogP contribution in [0.4, 0.5) is 17.1 Å². The molecule has 0 saturated heterocycles. The number of hydrogen-bond donors (Lipinski definition) is 3. The first kappa shape index (κ1) is 25.1. The zero-order chi connectivity index (χ0) is 25.4. The molecule has 3 aromatic rings. The van der Waals surface area contributed by atoms with Crippen molar-refractivity contribution >= 4 is 23.0 Å². The Labute approximate surface area is 199 Å². The monoisotopic (exact) mass is 467 g/mol. The highest BCUT2D eigenvalue weighted by atomic mass is 16.3. The first-order valence-electron chi connectivity index (χ1n) is 11.4. The predicted molar refractivity (Wildman–Crippen MR) is 134 cm³/mol. The van der Waals surface area contributed by atoms with Crippen LogP contribution in [0.1, 0.15) is 74.7 Å². The SMILES string of the molecule is CCC(C)c1coc(C(Nc2c(Nc3cccc(C(=O)N(C)C)c3O)c(=O)c2=O)C(C)(C)C)c1. The first-order valence-corrected chi connectivity index (χ1v) is 11.4. The van der Waals surface area contributed by atoms with Gasteiger partial charge in [-0.2, -0.15) is 0 Å². The zero-order valence-corrected chi connectivity index (χ0v) is 20.8. The number of anilines is 3. The van der Waals surface area contributed by atoms with Crippen molar-refractivity contribution in [2.24, 2.45) is 5.41 Å². The largest absolute Gasteiger partial charge is 0.505 e. The summed E-state index contributed by atoms with van der Waals surface area (Å²) in [5.74, 6) is 0.328. The number of rotatable bonds is 8. The van der Waals surface area contributed by atoms with Gasteiger partial charge >= 0.3 is 0 Å². The number of carbonyl (C=O) groups is 1. The normalized spacial score (nSPS) is 13.5. The van der Waals surface area contributed by atoms with E-state index in [1.54, 1.807) is 26.4 Å². The molecule has 0 aliphatic heterocycles. The fourth-order valence-electron chi connectivity index (χ4n) is 3.71. The highest BCUT2D eigenvalue weighted by Crippen LogP contribution is 2.39. The molecule has 0 aliphatic carbocycles. The summed E-state index contributed by atoms with van der Waals surface area (Å²) in [5.41, 5.74) is -0.209. The second kappa shape index (κ2) is 9.37. The fraction of sp³-hybridized carbons (Fsp3) is 0.423. The Bertz CT molecular complexity index is 1260. The molecule has 0 spiro atoms. The summed E-state index contributed by atoms with van der Waals surface area (Å²) in [4.78, 5) is 38.6. The van der Waals surface area contributed by atoms with Gasteiger partial charge in [-0.1, -0.05) is 40.7 Å². The molecular formula is C26H33N3O5. The van der Waals surface area contributed by atoms with Crippen LogP contribution in [0.15, 0.2) is 44.5 Å². The van der Waals surface area contributed by atoms with Crippen molar-refractivity contribution in [3.05, 3.63) is 67.9 Å². The molecule has 0 aliphatic rings. The van der Waals surface area contributed by atoms with Crippen molar-refractivity contribution < 1.29 is 14.3 Å². The van der Waals surface area contributed by atoms with E-state index in [4.69, 9.17) is 4.42 Å². The zero-order valence-electron chi connectivity index (χ0n) is 20.8. The quantitative estimate of drug-likeness (QED) is 0.324. The van der Waals surface area contributed by atoms with E-state index in [0.717, 1.165) is 12.0 Å². The van der Waals surface area contributed by atoms with Crippen molar-refractivity contribution in [1.29, 1.82) is 0 Å². The molecule has 1 aromatic heterocycles. The Morgan fingerprint density at radius 3 is 2.38 bits per heavy atom. The number of furan rings is 1. The lowest BCUT2D eigenvalue weighted by molar-refractivity contribution is 0.0824. The van der Waals surface area contributed by atoms with Crippen LogP contribution in [0.2, 0.25) is 0 Å². The van der Waals surface area contributed by atoms with Crippen molar-refractivity contribution in [2.45, 2.75) is 53.0 Å². The molecule has 3 N–H and O–H groups in total. The van der Waals surface area contributed by atoms with Gasteiger partial charge in [-0.05, 0) is 41.5 Å². The molecule has 1 heterocycles. The van der Waals surface area contributed by atoms with E-state index in [9.17, 15) is 19.5 Å². The Kier molecular flexibility index (Phi) is 6.91. The van der Waals surface area contributed by atoms with Gasteiger partial charge < -0.3 is 25.1 Å². The lowest BCUT2D eigenvalue weighted by atomic mass is 9.84. The second-order valence-corrected chi connectivity index (χ2v) is 9.97. The maximum absolute atomic E-state index is 12.5. The minimum absolute atomic E-state index is 0.0395. The van der Waals surface area contributed by atoms with Gasteiger partial charge in [0.1, 0.15) is 17.1 Å². The number of phenolic OH excluding ortho intramolecular Hbond substituents is 1. The summed E-state index contributed by atoms with van der Waals surface area (Å²) < 4.78 is 5.86. The van der Waals surface area contributed by atoms with Gasteiger partial charge in [-0.3, -0.25) is 14.4 Å². The Hall–Kier alpha value is -3.55. The average molecular weight is 468 g/mol. The highest BCUT2D eigenvalue weighted by molar-refractivity contribution is 5.99. The third-order valence-electron chi connectivity index (χ3n) is 6.10. The van der Waals surface area contributed by atoms with Crippen molar-refractivity contribution in [2.75, 3.05) is 24.7 Å². The van der Waals surface area contributed by atoms with Gasteiger partial charge in [0.05, 0.1) is 23.6 Å². The molecule has 2 aromatic carbocycles. The fourth-order valence-corrected chi connectivity index (χ4v) is 3.71.